The van der Waals surface area contributed by atoms with Gasteiger partial charge in [-0.3, -0.25) is 4.79 Å². The standard InChI is InChI=1S/C12H14FN3O2/c13-8-1-3-9(4-2-8)15-12(18)16-10-5-6-11(17)14-7-10/h1-4,10H,5-7H2,(H,14,17)(H2,15,16,18). The van der Waals surface area contributed by atoms with Gasteiger partial charge >= 0.3 is 6.03 Å². The van der Waals surface area contributed by atoms with Gasteiger partial charge in [0.05, 0.1) is 0 Å². The maximum atomic E-state index is 12.7. The Bertz CT molecular complexity index is 437. The van der Waals surface area contributed by atoms with Crippen LogP contribution in [0, 0.1) is 5.82 Å². The Morgan fingerprint density at radius 1 is 1.33 bits per heavy atom. The maximum Gasteiger partial charge on any atom is 0.319 e. The second kappa shape index (κ2) is 5.48. The molecule has 1 heterocycles. The number of urea groups is 1. The molecule has 3 N–H and O–H groups in total. The van der Waals surface area contributed by atoms with Gasteiger partial charge in [0.15, 0.2) is 0 Å². The second-order valence-corrected chi connectivity index (χ2v) is 4.15. The second-order valence-electron chi connectivity index (χ2n) is 4.15. The quantitative estimate of drug-likeness (QED) is 0.739. The lowest BCUT2D eigenvalue weighted by atomic mass is 10.1. The van der Waals surface area contributed by atoms with Crippen LogP contribution < -0.4 is 16.0 Å². The summed E-state index contributed by atoms with van der Waals surface area (Å²) in [5.41, 5.74) is 0.522. The molecule has 0 spiro atoms. The van der Waals surface area contributed by atoms with Crippen molar-refractivity contribution in [2.45, 2.75) is 18.9 Å². The minimum atomic E-state index is -0.359. The van der Waals surface area contributed by atoms with Gasteiger partial charge in [-0.2, -0.15) is 0 Å². The Labute approximate surface area is 104 Å². The smallest absolute Gasteiger partial charge is 0.319 e. The lowest BCUT2D eigenvalue weighted by Gasteiger charge is -2.23. The minimum Gasteiger partial charge on any atom is -0.354 e. The molecule has 0 aromatic heterocycles. The summed E-state index contributed by atoms with van der Waals surface area (Å²) in [6, 6.07) is 5.09. The first-order valence-corrected chi connectivity index (χ1v) is 5.73. The molecule has 1 aliphatic heterocycles. The molecule has 0 radical (unpaired) electrons. The lowest BCUT2D eigenvalue weighted by molar-refractivity contribution is -0.122. The van der Waals surface area contributed by atoms with E-state index in [1.807, 2.05) is 0 Å². The van der Waals surface area contributed by atoms with Crippen molar-refractivity contribution in [3.8, 4) is 0 Å². The van der Waals surface area contributed by atoms with Gasteiger partial charge in [-0.15, -0.1) is 0 Å². The predicted molar refractivity (Wildman–Crippen MR) is 64.6 cm³/mol. The highest BCUT2D eigenvalue weighted by atomic mass is 19.1. The maximum absolute atomic E-state index is 12.7. The topological polar surface area (TPSA) is 70.2 Å². The van der Waals surface area contributed by atoms with Crippen LogP contribution in [0.5, 0.6) is 0 Å². The summed E-state index contributed by atoms with van der Waals surface area (Å²) >= 11 is 0. The fourth-order valence-electron chi connectivity index (χ4n) is 1.74. The van der Waals surface area contributed by atoms with Crippen LogP contribution >= 0.6 is 0 Å². The molecule has 0 bridgehead atoms. The summed E-state index contributed by atoms with van der Waals surface area (Å²) < 4.78 is 12.7. The number of hydrogen-bond acceptors (Lipinski definition) is 2. The summed E-state index contributed by atoms with van der Waals surface area (Å²) in [4.78, 5) is 22.6. The molecular formula is C12H14FN3O2. The first kappa shape index (κ1) is 12.3. The molecule has 1 aliphatic rings. The van der Waals surface area contributed by atoms with Crippen LogP contribution in [0.15, 0.2) is 24.3 Å². The minimum absolute atomic E-state index is 0.00647. The van der Waals surface area contributed by atoms with E-state index in [0.29, 0.717) is 25.1 Å². The first-order chi connectivity index (χ1) is 8.63. The molecule has 1 aromatic carbocycles. The van der Waals surface area contributed by atoms with Crippen molar-refractivity contribution in [1.29, 1.82) is 0 Å². The Balaban J connectivity index is 1.81. The molecule has 1 saturated heterocycles. The summed E-state index contributed by atoms with van der Waals surface area (Å²) in [6.45, 7) is 0.440. The van der Waals surface area contributed by atoms with Crippen molar-refractivity contribution in [2.75, 3.05) is 11.9 Å². The fraction of sp³-hybridized carbons (Fsp3) is 0.333. The molecule has 1 unspecified atom stereocenters. The number of nitrogens with one attached hydrogen (secondary N) is 3. The van der Waals surface area contributed by atoms with E-state index in [4.69, 9.17) is 0 Å². The van der Waals surface area contributed by atoms with E-state index in [1.54, 1.807) is 0 Å². The average Bonchev–Trinajstić information content (AvgIpc) is 2.35. The van der Waals surface area contributed by atoms with Gasteiger partial charge in [0, 0.05) is 24.7 Å². The highest BCUT2D eigenvalue weighted by molar-refractivity contribution is 5.89. The van der Waals surface area contributed by atoms with Crippen LogP contribution in [0.3, 0.4) is 0 Å². The van der Waals surface area contributed by atoms with E-state index < -0.39 is 0 Å². The number of halogens is 1. The monoisotopic (exact) mass is 251 g/mol. The van der Waals surface area contributed by atoms with E-state index in [0.717, 1.165) is 0 Å². The van der Waals surface area contributed by atoms with Gasteiger partial charge in [-0.1, -0.05) is 0 Å². The Hall–Kier alpha value is -2.11. The van der Waals surface area contributed by atoms with Gasteiger partial charge in [-0.05, 0) is 30.7 Å². The van der Waals surface area contributed by atoms with E-state index in [-0.39, 0.29) is 23.8 Å². The molecule has 0 saturated carbocycles. The van der Waals surface area contributed by atoms with Gasteiger partial charge in [-0.25, -0.2) is 9.18 Å². The molecule has 5 nitrogen and oxygen atoms in total. The Kier molecular flexibility index (Phi) is 3.76. The highest BCUT2D eigenvalue weighted by Gasteiger charge is 2.19. The predicted octanol–water partition coefficient (Wildman–Crippen LogP) is 1.23. The van der Waals surface area contributed by atoms with Crippen molar-refractivity contribution in [3.63, 3.8) is 0 Å². The van der Waals surface area contributed by atoms with Crippen molar-refractivity contribution in [1.82, 2.24) is 10.6 Å². The van der Waals surface area contributed by atoms with Crippen LogP contribution in [-0.2, 0) is 4.79 Å². The van der Waals surface area contributed by atoms with E-state index in [2.05, 4.69) is 16.0 Å². The number of carbonyl (C=O) groups is 2. The van der Waals surface area contributed by atoms with Crippen molar-refractivity contribution in [2.24, 2.45) is 0 Å². The van der Waals surface area contributed by atoms with E-state index in [1.165, 1.54) is 24.3 Å². The van der Waals surface area contributed by atoms with Crippen LogP contribution in [-0.4, -0.2) is 24.5 Å². The summed E-state index contributed by atoms with van der Waals surface area (Å²) in [5.74, 6) is -0.344. The molecule has 6 heteroatoms. The molecule has 1 fully saturated rings. The van der Waals surface area contributed by atoms with Crippen LogP contribution in [0.4, 0.5) is 14.9 Å². The van der Waals surface area contributed by atoms with Gasteiger partial charge in [0.1, 0.15) is 5.82 Å². The summed E-state index contributed by atoms with van der Waals surface area (Å²) in [5, 5.41) is 8.02. The number of carbonyl (C=O) groups excluding carboxylic acids is 2. The molecule has 0 aliphatic carbocycles. The Morgan fingerprint density at radius 2 is 2.06 bits per heavy atom. The number of rotatable bonds is 2. The van der Waals surface area contributed by atoms with Gasteiger partial charge in [0.25, 0.3) is 0 Å². The molecule has 2 rings (SSSR count). The molecule has 1 atom stereocenters. The highest BCUT2D eigenvalue weighted by Crippen LogP contribution is 2.08. The zero-order valence-electron chi connectivity index (χ0n) is 9.70. The number of anilines is 1. The summed E-state index contributed by atoms with van der Waals surface area (Å²) in [7, 11) is 0. The van der Waals surface area contributed by atoms with Crippen LogP contribution in [0.25, 0.3) is 0 Å². The molecule has 1 aromatic rings. The number of hydrogen-bond donors (Lipinski definition) is 3. The summed E-state index contributed by atoms with van der Waals surface area (Å²) in [6.07, 6.45) is 1.05. The molecule has 96 valence electrons. The number of benzene rings is 1. The van der Waals surface area contributed by atoms with E-state index in [9.17, 15) is 14.0 Å². The zero-order chi connectivity index (χ0) is 13.0. The third-order valence-electron chi connectivity index (χ3n) is 2.70. The first-order valence-electron chi connectivity index (χ1n) is 5.73. The van der Waals surface area contributed by atoms with Crippen LogP contribution in [0.2, 0.25) is 0 Å². The van der Waals surface area contributed by atoms with Crippen molar-refractivity contribution in [3.05, 3.63) is 30.1 Å². The number of amides is 3. The van der Waals surface area contributed by atoms with Crippen molar-refractivity contribution >= 4 is 17.6 Å². The average molecular weight is 251 g/mol. The molecule has 18 heavy (non-hydrogen) atoms. The van der Waals surface area contributed by atoms with Gasteiger partial charge in [0.2, 0.25) is 5.91 Å². The van der Waals surface area contributed by atoms with Gasteiger partial charge < -0.3 is 16.0 Å². The molecule has 3 amide bonds. The molecular weight excluding hydrogens is 237 g/mol. The Morgan fingerprint density at radius 3 is 2.67 bits per heavy atom. The SMILES string of the molecule is O=C1CCC(NC(=O)Nc2ccc(F)cc2)CN1. The van der Waals surface area contributed by atoms with Crippen LogP contribution in [0.1, 0.15) is 12.8 Å². The normalized spacial score (nSPS) is 18.9. The number of piperidine rings is 1. The fourth-order valence-corrected chi connectivity index (χ4v) is 1.74. The third-order valence-corrected chi connectivity index (χ3v) is 2.70. The van der Waals surface area contributed by atoms with Crippen molar-refractivity contribution < 1.29 is 14.0 Å². The zero-order valence-corrected chi connectivity index (χ0v) is 9.70. The largest absolute Gasteiger partial charge is 0.354 e. The van der Waals surface area contributed by atoms with E-state index >= 15 is 0 Å². The third kappa shape index (κ3) is 3.44. The lowest BCUT2D eigenvalue weighted by Crippen LogP contribution is -2.48.